The Morgan fingerprint density at radius 3 is 3.00 bits per heavy atom. The van der Waals surface area contributed by atoms with Gasteiger partial charge in [-0.25, -0.2) is 4.85 Å². The minimum Gasteiger partial charge on any atom is -0.337 e. The highest BCUT2D eigenvalue weighted by Crippen LogP contribution is 2.37. The van der Waals surface area contributed by atoms with Gasteiger partial charge < -0.3 is 9.97 Å². The largest absolute Gasteiger partial charge is 0.337 e. The molecule has 2 N–H and O–H groups in total. The van der Waals surface area contributed by atoms with Crippen LogP contribution in [0.25, 0.3) is 10.4 Å². The van der Waals surface area contributed by atoms with Crippen molar-refractivity contribution < 1.29 is 0 Å². The van der Waals surface area contributed by atoms with Gasteiger partial charge in [-0.05, 0) is 54.1 Å². The molecule has 0 bridgehead atoms. The summed E-state index contributed by atoms with van der Waals surface area (Å²) in [6.45, 7) is 7.17. The smallest absolute Gasteiger partial charge is 0.174 e. The van der Waals surface area contributed by atoms with Gasteiger partial charge in [-0.1, -0.05) is 24.3 Å². The summed E-state index contributed by atoms with van der Waals surface area (Å²) in [7, 11) is 0. The summed E-state index contributed by atoms with van der Waals surface area (Å²) in [6, 6.07) is 8.39. The van der Waals surface area contributed by atoms with Gasteiger partial charge in [0.15, 0.2) is 11.0 Å². The molecule has 20 heavy (non-hydrogen) atoms. The standard InChI is InChI=1S/C16H15N3S/c1-17-10-15-12(8-13-9-18-16(20)19-13)7-6-11-4-2-3-5-14(11)15/h2-5,9-10,12H,6-8H2,(H2,18,19,20). The summed E-state index contributed by atoms with van der Waals surface area (Å²) < 4.78 is 0.659. The van der Waals surface area contributed by atoms with Crippen molar-refractivity contribution in [3.63, 3.8) is 0 Å². The molecule has 1 atom stereocenters. The van der Waals surface area contributed by atoms with E-state index in [1.54, 1.807) is 6.20 Å². The van der Waals surface area contributed by atoms with Gasteiger partial charge in [-0.15, -0.1) is 0 Å². The van der Waals surface area contributed by atoms with E-state index in [0.717, 1.165) is 30.5 Å². The molecule has 1 heterocycles. The average Bonchev–Trinajstić information content (AvgIpc) is 2.87. The number of aromatic amines is 2. The molecule has 0 amide bonds. The normalized spacial score (nSPS) is 19.6. The molecule has 0 saturated carbocycles. The third-order valence-corrected chi connectivity index (χ3v) is 4.07. The third kappa shape index (κ3) is 2.45. The van der Waals surface area contributed by atoms with Crippen LogP contribution in [-0.2, 0) is 12.8 Å². The van der Waals surface area contributed by atoms with Crippen molar-refractivity contribution in [3.8, 4) is 0 Å². The van der Waals surface area contributed by atoms with Gasteiger partial charge in [0, 0.05) is 11.9 Å². The highest BCUT2D eigenvalue weighted by atomic mass is 32.1. The summed E-state index contributed by atoms with van der Waals surface area (Å²) in [4.78, 5) is 9.67. The second kappa shape index (κ2) is 5.48. The number of allylic oxidation sites excluding steroid dienone is 1. The number of hydrogen-bond donors (Lipinski definition) is 2. The lowest BCUT2D eigenvalue weighted by Gasteiger charge is -2.27. The molecule has 1 aliphatic carbocycles. The van der Waals surface area contributed by atoms with Gasteiger partial charge in [0.2, 0.25) is 0 Å². The van der Waals surface area contributed by atoms with E-state index >= 15 is 0 Å². The Morgan fingerprint density at radius 2 is 2.25 bits per heavy atom. The van der Waals surface area contributed by atoms with Crippen molar-refractivity contribution in [2.45, 2.75) is 19.3 Å². The first-order valence-corrected chi connectivity index (χ1v) is 7.10. The first-order chi connectivity index (χ1) is 9.78. The van der Waals surface area contributed by atoms with Crippen LogP contribution in [0.5, 0.6) is 0 Å². The molecular formula is C16H15N3S. The lowest BCUT2D eigenvalue weighted by atomic mass is 9.78. The van der Waals surface area contributed by atoms with Crippen LogP contribution in [0.1, 0.15) is 23.2 Å². The zero-order chi connectivity index (χ0) is 13.9. The van der Waals surface area contributed by atoms with E-state index in [1.165, 1.54) is 11.1 Å². The molecule has 1 aromatic carbocycles. The van der Waals surface area contributed by atoms with E-state index in [0.29, 0.717) is 10.7 Å². The predicted molar refractivity (Wildman–Crippen MR) is 82.5 cm³/mol. The van der Waals surface area contributed by atoms with E-state index in [1.807, 2.05) is 12.3 Å². The number of aromatic nitrogens is 2. The van der Waals surface area contributed by atoms with Crippen LogP contribution in [0.4, 0.5) is 0 Å². The lowest BCUT2D eigenvalue weighted by Crippen LogP contribution is -2.15. The number of rotatable bonds is 2. The van der Waals surface area contributed by atoms with Gasteiger partial charge in [-0.2, -0.15) is 0 Å². The van der Waals surface area contributed by atoms with Crippen molar-refractivity contribution in [1.82, 2.24) is 9.97 Å². The number of nitrogens with zero attached hydrogens (tertiary/aromatic N) is 1. The Balaban J connectivity index is 1.95. The molecule has 1 unspecified atom stereocenters. The maximum Gasteiger partial charge on any atom is 0.174 e. The summed E-state index contributed by atoms with van der Waals surface area (Å²) in [5, 5.41) is 0. The van der Waals surface area contributed by atoms with Gasteiger partial charge in [-0.3, -0.25) is 0 Å². The summed E-state index contributed by atoms with van der Waals surface area (Å²) >= 11 is 5.07. The number of nitrogens with one attached hydrogen (secondary N) is 2. The minimum absolute atomic E-state index is 0.375. The lowest BCUT2D eigenvalue weighted by molar-refractivity contribution is 0.580. The molecule has 1 aliphatic rings. The van der Waals surface area contributed by atoms with Crippen LogP contribution >= 0.6 is 12.2 Å². The van der Waals surface area contributed by atoms with Crippen molar-refractivity contribution >= 4 is 17.8 Å². The molecule has 0 spiro atoms. The van der Waals surface area contributed by atoms with Crippen LogP contribution in [0, 0.1) is 17.3 Å². The molecule has 2 aromatic rings. The summed E-state index contributed by atoms with van der Waals surface area (Å²) in [5.41, 5.74) is 4.84. The molecule has 3 nitrogen and oxygen atoms in total. The topological polar surface area (TPSA) is 35.9 Å². The Labute approximate surface area is 123 Å². The van der Waals surface area contributed by atoms with E-state index in [9.17, 15) is 0 Å². The van der Waals surface area contributed by atoms with Crippen molar-refractivity contribution in [2.75, 3.05) is 0 Å². The quantitative estimate of drug-likeness (QED) is 0.630. The zero-order valence-corrected chi connectivity index (χ0v) is 11.8. The first-order valence-electron chi connectivity index (χ1n) is 6.69. The molecule has 0 radical (unpaired) electrons. The summed E-state index contributed by atoms with van der Waals surface area (Å²) in [6.07, 6.45) is 6.65. The number of imidazole rings is 1. The zero-order valence-electron chi connectivity index (χ0n) is 11.0. The van der Waals surface area contributed by atoms with E-state index < -0.39 is 0 Å². The molecule has 0 saturated heterocycles. The monoisotopic (exact) mass is 281 g/mol. The number of fused-ring (bicyclic) bond motifs is 1. The fourth-order valence-electron chi connectivity index (χ4n) is 2.93. The molecule has 0 aliphatic heterocycles. The highest BCUT2D eigenvalue weighted by molar-refractivity contribution is 7.71. The van der Waals surface area contributed by atoms with Crippen LogP contribution in [-0.4, -0.2) is 9.97 Å². The number of H-pyrrole nitrogens is 2. The van der Waals surface area contributed by atoms with Crippen molar-refractivity contribution in [2.24, 2.45) is 5.92 Å². The molecule has 100 valence electrons. The highest BCUT2D eigenvalue weighted by Gasteiger charge is 2.23. The first kappa shape index (κ1) is 12.9. The van der Waals surface area contributed by atoms with Gasteiger partial charge in [0.1, 0.15) is 0 Å². The number of benzene rings is 1. The van der Waals surface area contributed by atoms with Gasteiger partial charge in [0.25, 0.3) is 0 Å². The minimum atomic E-state index is 0.375. The Morgan fingerprint density at radius 1 is 1.40 bits per heavy atom. The molecule has 1 aromatic heterocycles. The van der Waals surface area contributed by atoms with Gasteiger partial charge >= 0.3 is 0 Å². The van der Waals surface area contributed by atoms with Crippen LogP contribution in [0.2, 0.25) is 0 Å². The van der Waals surface area contributed by atoms with Crippen LogP contribution < -0.4 is 0 Å². The fourth-order valence-corrected chi connectivity index (χ4v) is 3.12. The Bertz CT molecular complexity index is 745. The van der Waals surface area contributed by atoms with Crippen LogP contribution in [0.3, 0.4) is 0 Å². The van der Waals surface area contributed by atoms with Gasteiger partial charge in [0.05, 0.1) is 6.57 Å². The Kier molecular flexibility index (Phi) is 3.53. The predicted octanol–water partition coefficient (Wildman–Crippen LogP) is 4.14. The van der Waals surface area contributed by atoms with Crippen molar-refractivity contribution in [3.05, 3.63) is 69.7 Å². The van der Waals surface area contributed by atoms with E-state index in [2.05, 4.69) is 33.0 Å². The average molecular weight is 281 g/mol. The van der Waals surface area contributed by atoms with Crippen LogP contribution in [0.15, 0.2) is 36.7 Å². The maximum atomic E-state index is 7.17. The molecule has 4 heteroatoms. The summed E-state index contributed by atoms with van der Waals surface area (Å²) in [5.74, 6) is 0.375. The molecule has 0 fully saturated rings. The van der Waals surface area contributed by atoms with E-state index in [4.69, 9.17) is 18.8 Å². The van der Waals surface area contributed by atoms with E-state index in [-0.39, 0.29) is 0 Å². The van der Waals surface area contributed by atoms with Crippen molar-refractivity contribution in [1.29, 1.82) is 0 Å². The molecule has 3 rings (SSSR count). The molecular weight excluding hydrogens is 266 g/mol. The maximum absolute atomic E-state index is 7.17. The third-order valence-electron chi connectivity index (χ3n) is 3.85. The number of hydrogen-bond acceptors (Lipinski definition) is 1. The second-order valence-electron chi connectivity index (χ2n) is 5.08. The fraction of sp³-hybridized carbons (Fsp3) is 0.250. The Hall–Kier alpha value is -2.12. The SMILES string of the molecule is [C-]#[N+]C=C1c2ccccc2CCC1Cc1c[nH]c(=S)[nH]1. The number of aryl methyl sites for hydroxylation is 1. The second-order valence-corrected chi connectivity index (χ2v) is 5.49.